The van der Waals surface area contributed by atoms with E-state index in [2.05, 4.69) is 29.7 Å². The Kier molecular flexibility index (Phi) is 4.82. The van der Waals surface area contributed by atoms with Crippen LogP contribution in [-0.2, 0) is 19.4 Å². The third-order valence-corrected chi connectivity index (χ3v) is 6.41. The maximum Gasteiger partial charge on any atom is 0.238 e. The third kappa shape index (κ3) is 3.44. The lowest BCUT2D eigenvalue weighted by Gasteiger charge is -2.29. The molecule has 0 radical (unpaired) electrons. The summed E-state index contributed by atoms with van der Waals surface area (Å²) in [6.45, 7) is 3.85. The largest absolute Gasteiger partial charge is 0.479 e. The highest BCUT2D eigenvalue weighted by atomic mass is 16.5. The Morgan fingerprint density at radius 3 is 2.61 bits per heavy atom. The molecule has 1 aliphatic carbocycles. The molecule has 0 unspecified atom stereocenters. The molecular formula is C24H26N8O. The first kappa shape index (κ1) is 19.9. The monoisotopic (exact) mass is 442 g/mol. The van der Waals surface area contributed by atoms with Crippen molar-refractivity contribution in [2.24, 2.45) is 0 Å². The Bertz CT molecular complexity index is 1310. The van der Waals surface area contributed by atoms with Gasteiger partial charge in [0.1, 0.15) is 17.2 Å². The molecule has 4 aromatic heterocycles. The Balaban J connectivity index is 1.31. The van der Waals surface area contributed by atoms with Gasteiger partial charge in [0.25, 0.3) is 0 Å². The molecule has 1 aliphatic heterocycles. The van der Waals surface area contributed by atoms with Gasteiger partial charge < -0.3 is 14.2 Å². The van der Waals surface area contributed by atoms with Crippen LogP contribution in [0.25, 0.3) is 17.1 Å². The number of nitrogens with zero attached hydrogens (tertiary/aromatic N) is 8. The number of hydrogen-bond donors (Lipinski definition) is 0. The highest BCUT2D eigenvalue weighted by Gasteiger charge is 2.28. The number of pyridine rings is 1. The van der Waals surface area contributed by atoms with E-state index in [1.165, 1.54) is 29.9 Å². The van der Waals surface area contributed by atoms with Crippen LogP contribution in [0.15, 0.2) is 36.8 Å². The number of ether oxygens (including phenoxy) is 1. The second-order valence-electron chi connectivity index (χ2n) is 8.61. The van der Waals surface area contributed by atoms with E-state index in [4.69, 9.17) is 9.84 Å². The number of fused-ring (bicyclic) bond motifs is 3. The van der Waals surface area contributed by atoms with Crippen molar-refractivity contribution in [3.05, 3.63) is 53.7 Å². The zero-order valence-electron chi connectivity index (χ0n) is 18.9. The van der Waals surface area contributed by atoms with E-state index >= 15 is 0 Å². The molecule has 0 fully saturated rings. The van der Waals surface area contributed by atoms with Gasteiger partial charge in [-0.3, -0.25) is 0 Å². The fraction of sp³-hybridized carbons (Fsp3) is 0.375. The van der Waals surface area contributed by atoms with Crippen LogP contribution in [0.5, 0.6) is 5.88 Å². The molecule has 0 bridgehead atoms. The van der Waals surface area contributed by atoms with Crippen LogP contribution in [0.1, 0.15) is 36.2 Å². The number of methoxy groups -OCH3 is 1. The van der Waals surface area contributed by atoms with Crippen molar-refractivity contribution < 1.29 is 4.74 Å². The Labute approximate surface area is 192 Å². The van der Waals surface area contributed by atoms with Gasteiger partial charge in [0, 0.05) is 24.8 Å². The Hall–Kier alpha value is -3.75. The van der Waals surface area contributed by atoms with E-state index in [1.54, 1.807) is 13.4 Å². The molecule has 0 N–H and O–H groups in total. The summed E-state index contributed by atoms with van der Waals surface area (Å²) in [5, 5.41) is 14.0. The molecule has 9 heteroatoms. The SMILES string of the molecule is COc1nc(-c2ccc(N3CCCn4nc5c(c43)CCCC5)nn2)ccc1-n1cnc(C)c1. The molecule has 168 valence electrons. The van der Waals surface area contributed by atoms with Gasteiger partial charge in [0.2, 0.25) is 5.88 Å². The summed E-state index contributed by atoms with van der Waals surface area (Å²) in [7, 11) is 1.62. The van der Waals surface area contributed by atoms with Gasteiger partial charge in [-0.25, -0.2) is 14.6 Å². The first-order chi connectivity index (χ1) is 16.2. The van der Waals surface area contributed by atoms with E-state index < -0.39 is 0 Å². The topological polar surface area (TPSA) is 86.8 Å². The smallest absolute Gasteiger partial charge is 0.238 e. The van der Waals surface area contributed by atoms with Crippen molar-refractivity contribution in [1.82, 2.24) is 34.5 Å². The summed E-state index contributed by atoms with van der Waals surface area (Å²) in [6, 6.07) is 7.91. The molecule has 2 aliphatic rings. The van der Waals surface area contributed by atoms with E-state index in [1.807, 2.05) is 42.0 Å². The van der Waals surface area contributed by atoms with Crippen molar-refractivity contribution in [3.63, 3.8) is 0 Å². The molecule has 0 aromatic carbocycles. The van der Waals surface area contributed by atoms with Gasteiger partial charge in [-0.1, -0.05) is 0 Å². The molecule has 0 amide bonds. The molecule has 0 saturated carbocycles. The van der Waals surface area contributed by atoms with Crippen molar-refractivity contribution in [3.8, 4) is 23.0 Å². The van der Waals surface area contributed by atoms with Crippen molar-refractivity contribution in [2.45, 2.75) is 45.6 Å². The third-order valence-electron chi connectivity index (χ3n) is 6.41. The van der Waals surface area contributed by atoms with Crippen molar-refractivity contribution in [1.29, 1.82) is 0 Å². The number of aryl methyl sites for hydroxylation is 3. The Morgan fingerprint density at radius 1 is 0.939 bits per heavy atom. The van der Waals surface area contributed by atoms with Crippen LogP contribution < -0.4 is 9.64 Å². The quantitative estimate of drug-likeness (QED) is 0.477. The molecule has 0 atom stereocenters. The van der Waals surface area contributed by atoms with Crippen LogP contribution in [-0.4, -0.2) is 48.2 Å². The lowest BCUT2D eigenvalue weighted by Crippen LogP contribution is -2.29. The average molecular weight is 443 g/mol. The molecule has 0 saturated heterocycles. The maximum atomic E-state index is 5.55. The van der Waals surface area contributed by atoms with E-state index in [9.17, 15) is 0 Å². The highest BCUT2D eigenvalue weighted by Crippen LogP contribution is 2.36. The average Bonchev–Trinajstić information content (AvgIpc) is 3.47. The Morgan fingerprint density at radius 2 is 1.82 bits per heavy atom. The van der Waals surface area contributed by atoms with Gasteiger partial charge in [0.05, 0.1) is 30.5 Å². The van der Waals surface area contributed by atoms with Crippen LogP contribution in [0.3, 0.4) is 0 Å². The number of hydrogen-bond acceptors (Lipinski definition) is 7. The minimum atomic E-state index is 0.516. The van der Waals surface area contributed by atoms with Gasteiger partial charge in [-0.05, 0) is 63.3 Å². The minimum absolute atomic E-state index is 0.516. The molecule has 6 rings (SSSR count). The van der Waals surface area contributed by atoms with Crippen LogP contribution in [0.2, 0.25) is 0 Å². The summed E-state index contributed by atoms with van der Waals surface area (Å²) in [6.07, 6.45) is 9.38. The van der Waals surface area contributed by atoms with Gasteiger partial charge in [0.15, 0.2) is 5.82 Å². The van der Waals surface area contributed by atoms with Crippen molar-refractivity contribution in [2.75, 3.05) is 18.6 Å². The normalized spacial score (nSPS) is 15.3. The molecule has 33 heavy (non-hydrogen) atoms. The highest BCUT2D eigenvalue weighted by molar-refractivity contribution is 5.65. The van der Waals surface area contributed by atoms with Gasteiger partial charge in [-0.15, -0.1) is 10.2 Å². The molecule has 4 aromatic rings. The molecule has 9 nitrogen and oxygen atoms in total. The summed E-state index contributed by atoms with van der Waals surface area (Å²) < 4.78 is 9.61. The molecular weight excluding hydrogens is 416 g/mol. The maximum absolute atomic E-state index is 5.55. The number of anilines is 2. The summed E-state index contributed by atoms with van der Waals surface area (Å²) in [5.41, 5.74) is 5.84. The second kappa shape index (κ2) is 7.99. The number of imidazole rings is 1. The zero-order chi connectivity index (χ0) is 22.4. The molecule has 0 spiro atoms. The van der Waals surface area contributed by atoms with Gasteiger partial charge >= 0.3 is 0 Å². The summed E-state index contributed by atoms with van der Waals surface area (Å²) in [5.74, 6) is 2.57. The van der Waals surface area contributed by atoms with Crippen LogP contribution >= 0.6 is 0 Å². The fourth-order valence-electron chi connectivity index (χ4n) is 4.84. The van der Waals surface area contributed by atoms with E-state index in [0.29, 0.717) is 17.3 Å². The van der Waals surface area contributed by atoms with Crippen LogP contribution in [0.4, 0.5) is 11.6 Å². The standard InChI is InChI=1S/C24H26N8O/c1-16-14-30(15-25-16)21-10-8-19(26-23(21)33-2)20-9-11-22(28-27-20)31-12-5-13-32-24(31)17-6-3-4-7-18(17)29-32/h8-11,14-15H,3-7,12-13H2,1-2H3. The van der Waals surface area contributed by atoms with Gasteiger partial charge in [-0.2, -0.15) is 5.10 Å². The summed E-state index contributed by atoms with van der Waals surface area (Å²) in [4.78, 5) is 11.2. The van der Waals surface area contributed by atoms with Crippen molar-refractivity contribution >= 4 is 11.6 Å². The number of aromatic nitrogens is 7. The predicted octanol–water partition coefficient (Wildman–Crippen LogP) is 3.66. The van der Waals surface area contributed by atoms with E-state index in [0.717, 1.165) is 49.6 Å². The minimum Gasteiger partial charge on any atom is -0.479 e. The fourth-order valence-corrected chi connectivity index (χ4v) is 4.84. The second-order valence-corrected chi connectivity index (χ2v) is 8.61. The summed E-state index contributed by atoms with van der Waals surface area (Å²) >= 11 is 0. The first-order valence-electron chi connectivity index (χ1n) is 11.5. The van der Waals surface area contributed by atoms with Crippen LogP contribution in [0, 0.1) is 6.92 Å². The predicted molar refractivity (Wildman–Crippen MR) is 124 cm³/mol. The lowest BCUT2D eigenvalue weighted by molar-refractivity contribution is 0.396. The first-order valence-corrected chi connectivity index (χ1v) is 11.5. The van der Waals surface area contributed by atoms with E-state index in [-0.39, 0.29) is 0 Å². The zero-order valence-corrected chi connectivity index (χ0v) is 18.9. The molecule has 5 heterocycles. The number of rotatable bonds is 4. The lowest BCUT2D eigenvalue weighted by atomic mass is 9.97.